The number of hydrogen-bond acceptors (Lipinski definition) is 4. The van der Waals surface area contributed by atoms with Gasteiger partial charge in [-0.2, -0.15) is 0 Å². The maximum atomic E-state index is 10.3. The molecule has 0 aliphatic carbocycles. The molecule has 5 nitrogen and oxygen atoms in total. The molecule has 0 fully saturated rings. The number of benzene rings is 1. The molecule has 1 aromatic carbocycles. The van der Waals surface area contributed by atoms with Gasteiger partial charge in [-0.05, 0) is 48.4 Å². The number of rotatable bonds is 4. The van der Waals surface area contributed by atoms with Crippen LogP contribution in [-0.2, 0) is 13.1 Å². The van der Waals surface area contributed by atoms with Gasteiger partial charge in [0.05, 0.1) is 18.8 Å². The molecule has 1 atom stereocenters. The van der Waals surface area contributed by atoms with E-state index in [0.717, 1.165) is 37.3 Å². The van der Waals surface area contributed by atoms with E-state index in [1.165, 1.54) is 5.69 Å². The minimum absolute atomic E-state index is 0.0614. The van der Waals surface area contributed by atoms with E-state index >= 15 is 0 Å². The normalized spacial score (nSPS) is 17.5. The molecule has 5 heteroatoms. The first-order valence-electron chi connectivity index (χ1n) is 8.92. The van der Waals surface area contributed by atoms with Gasteiger partial charge in [0, 0.05) is 37.7 Å². The van der Waals surface area contributed by atoms with Crippen molar-refractivity contribution in [1.82, 2.24) is 14.5 Å². The van der Waals surface area contributed by atoms with Crippen molar-refractivity contribution in [3.05, 3.63) is 77.9 Å². The summed E-state index contributed by atoms with van der Waals surface area (Å²) in [5.74, 6) is 0.666. The Hall–Kier alpha value is -2.79. The topological polar surface area (TPSA) is 50.5 Å². The van der Waals surface area contributed by atoms with Crippen LogP contribution in [0.25, 0.3) is 0 Å². The molecule has 3 heterocycles. The predicted octanol–water partition coefficient (Wildman–Crippen LogP) is 3.59. The number of aromatic nitrogens is 2. The lowest BCUT2D eigenvalue weighted by Crippen LogP contribution is -2.29. The van der Waals surface area contributed by atoms with E-state index < -0.39 is 0 Å². The van der Waals surface area contributed by atoms with Crippen molar-refractivity contribution in [3.63, 3.8) is 0 Å². The van der Waals surface area contributed by atoms with Gasteiger partial charge in [0.2, 0.25) is 0 Å². The molecule has 1 unspecified atom stereocenters. The van der Waals surface area contributed by atoms with Crippen LogP contribution >= 0.6 is 0 Å². The molecule has 26 heavy (non-hydrogen) atoms. The van der Waals surface area contributed by atoms with E-state index in [4.69, 9.17) is 4.74 Å². The Morgan fingerprint density at radius 1 is 1.15 bits per heavy atom. The molecule has 1 aliphatic heterocycles. The lowest BCUT2D eigenvalue weighted by Gasteiger charge is -2.30. The summed E-state index contributed by atoms with van der Waals surface area (Å²) in [5, 5.41) is 10.3. The SMILES string of the molecule is COc1ccc(C2c3cccn3CCCN2Cc2ccccn2)cc1O. The molecular weight excluding hydrogens is 326 g/mol. The standard InChI is InChI=1S/C21H23N3O2/c1-26-20-9-8-16(14-19(20)25)21-18-7-4-11-23(18)12-5-13-24(21)15-17-6-2-3-10-22-17/h2-4,6-11,14,21,25H,5,12-13,15H2,1H3. The highest BCUT2D eigenvalue weighted by molar-refractivity contribution is 5.44. The molecule has 4 rings (SSSR count). The highest BCUT2D eigenvalue weighted by Crippen LogP contribution is 2.36. The molecule has 1 N–H and O–H groups in total. The van der Waals surface area contributed by atoms with Crippen LogP contribution in [0.2, 0.25) is 0 Å². The third-order valence-electron chi connectivity index (χ3n) is 4.96. The van der Waals surface area contributed by atoms with Gasteiger partial charge in [-0.1, -0.05) is 12.1 Å². The molecule has 0 spiro atoms. The Balaban J connectivity index is 1.75. The molecule has 0 saturated carbocycles. The summed E-state index contributed by atoms with van der Waals surface area (Å²) in [6, 6.07) is 16.0. The highest BCUT2D eigenvalue weighted by atomic mass is 16.5. The smallest absolute Gasteiger partial charge is 0.160 e. The van der Waals surface area contributed by atoms with Gasteiger partial charge in [0.25, 0.3) is 0 Å². The number of methoxy groups -OCH3 is 1. The fraction of sp³-hybridized carbons (Fsp3) is 0.286. The van der Waals surface area contributed by atoms with Gasteiger partial charge in [-0.15, -0.1) is 0 Å². The van der Waals surface area contributed by atoms with E-state index in [0.29, 0.717) is 5.75 Å². The third-order valence-corrected chi connectivity index (χ3v) is 4.96. The molecule has 0 saturated heterocycles. The van der Waals surface area contributed by atoms with Crippen LogP contribution in [-0.4, -0.2) is 33.2 Å². The van der Waals surface area contributed by atoms with E-state index in [9.17, 15) is 5.11 Å². The summed E-state index contributed by atoms with van der Waals surface area (Å²) in [7, 11) is 1.57. The molecule has 0 amide bonds. The van der Waals surface area contributed by atoms with E-state index in [2.05, 4.69) is 38.8 Å². The van der Waals surface area contributed by atoms with Crippen LogP contribution in [0.1, 0.15) is 29.4 Å². The summed E-state index contributed by atoms with van der Waals surface area (Å²) < 4.78 is 7.52. The fourth-order valence-electron chi connectivity index (χ4n) is 3.77. The maximum absolute atomic E-state index is 10.3. The first kappa shape index (κ1) is 16.7. The largest absolute Gasteiger partial charge is 0.504 e. The van der Waals surface area contributed by atoms with Gasteiger partial charge >= 0.3 is 0 Å². The molecule has 0 radical (unpaired) electrons. The summed E-state index contributed by atoms with van der Waals surface area (Å²) in [6.45, 7) is 2.73. The Morgan fingerprint density at radius 2 is 2.08 bits per heavy atom. The van der Waals surface area contributed by atoms with E-state index in [-0.39, 0.29) is 11.8 Å². The zero-order valence-corrected chi connectivity index (χ0v) is 14.9. The molecule has 1 aliphatic rings. The van der Waals surface area contributed by atoms with Crippen LogP contribution in [0.4, 0.5) is 0 Å². The quantitative estimate of drug-likeness (QED) is 0.782. The minimum Gasteiger partial charge on any atom is -0.504 e. The lowest BCUT2D eigenvalue weighted by molar-refractivity contribution is 0.217. The van der Waals surface area contributed by atoms with Gasteiger partial charge in [0.15, 0.2) is 11.5 Å². The number of pyridine rings is 1. The lowest BCUT2D eigenvalue weighted by atomic mass is 10.0. The molecule has 134 valence electrons. The molecular formula is C21H23N3O2. The summed E-state index contributed by atoms with van der Waals surface area (Å²) in [6.07, 6.45) is 5.05. The second-order valence-corrected chi connectivity index (χ2v) is 6.61. The molecule has 2 aromatic heterocycles. The van der Waals surface area contributed by atoms with Crippen LogP contribution in [0, 0.1) is 0 Å². The number of phenols is 1. The van der Waals surface area contributed by atoms with Gasteiger partial charge in [0.1, 0.15) is 0 Å². The Morgan fingerprint density at radius 3 is 2.85 bits per heavy atom. The van der Waals surface area contributed by atoms with Gasteiger partial charge < -0.3 is 14.4 Å². The summed E-state index contributed by atoms with van der Waals surface area (Å²) in [4.78, 5) is 6.94. The Labute approximate surface area is 153 Å². The third kappa shape index (κ3) is 3.18. The van der Waals surface area contributed by atoms with Gasteiger partial charge in [-0.25, -0.2) is 0 Å². The summed E-state index contributed by atoms with van der Waals surface area (Å²) >= 11 is 0. The maximum Gasteiger partial charge on any atom is 0.160 e. The number of hydrogen-bond donors (Lipinski definition) is 1. The Bertz CT molecular complexity index is 876. The second-order valence-electron chi connectivity index (χ2n) is 6.61. The zero-order valence-electron chi connectivity index (χ0n) is 14.9. The van der Waals surface area contributed by atoms with Crippen molar-refractivity contribution in [1.29, 1.82) is 0 Å². The van der Waals surface area contributed by atoms with Gasteiger partial charge in [-0.3, -0.25) is 9.88 Å². The summed E-state index contributed by atoms with van der Waals surface area (Å²) in [5.41, 5.74) is 3.35. The number of ether oxygens (including phenoxy) is 1. The average Bonchev–Trinajstić information content (AvgIpc) is 3.04. The first-order chi connectivity index (χ1) is 12.8. The first-order valence-corrected chi connectivity index (χ1v) is 8.92. The van der Waals surface area contributed by atoms with Crippen LogP contribution < -0.4 is 4.74 Å². The van der Waals surface area contributed by atoms with Crippen molar-refractivity contribution in [3.8, 4) is 11.5 Å². The van der Waals surface area contributed by atoms with Crippen LogP contribution in [0.5, 0.6) is 11.5 Å². The predicted molar refractivity (Wildman–Crippen MR) is 100 cm³/mol. The van der Waals surface area contributed by atoms with E-state index in [1.807, 2.05) is 36.5 Å². The number of fused-ring (bicyclic) bond motifs is 1. The number of aryl methyl sites for hydroxylation is 1. The average molecular weight is 349 g/mol. The van der Waals surface area contributed by atoms with Crippen molar-refractivity contribution in [2.75, 3.05) is 13.7 Å². The minimum atomic E-state index is 0.0614. The van der Waals surface area contributed by atoms with Crippen molar-refractivity contribution < 1.29 is 9.84 Å². The number of aromatic hydroxyl groups is 1. The monoisotopic (exact) mass is 349 g/mol. The van der Waals surface area contributed by atoms with Crippen LogP contribution in [0.3, 0.4) is 0 Å². The number of nitrogens with zero attached hydrogens (tertiary/aromatic N) is 3. The zero-order chi connectivity index (χ0) is 17.9. The highest BCUT2D eigenvalue weighted by Gasteiger charge is 2.28. The second kappa shape index (κ2) is 7.22. The molecule has 3 aromatic rings. The van der Waals surface area contributed by atoms with Crippen LogP contribution in [0.15, 0.2) is 60.9 Å². The fourth-order valence-corrected chi connectivity index (χ4v) is 3.77. The van der Waals surface area contributed by atoms with Crippen molar-refractivity contribution in [2.24, 2.45) is 0 Å². The number of phenolic OH excluding ortho intramolecular Hbond substituents is 1. The van der Waals surface area contributed by atoms with Crippen molar-refractivity contribution >= 4 is 0 Å². The molecule has 0 bridgehead atoms. The van der Waals surface area contributed by atoms with Crippen molar-refractivity contribution in [2.45, 2.75) is 25.6 Å². The Kier molecular flexibility index (Phi) is 4.63. The van der Waals surface area contributed by atoms with E-state index in [1.54, 1.807) is 7.11 Å².